The predicted octanol–water partition coefficient (Wildman–Crippen LogP) is 1.16. The monoisotopic (exact) mass is 276 g/mol. The van der Waals surface area contributed by atoms with Crippen molar-refractivity contribution in [2.45, 2.75) is 63.6 Å². The number of unbranched alkanes of at least 4 members (excludes halogenated alkanes) is 1. The molecule has 6 heteroatoms. The summed E-state index contributed by atoms with van der Waals surface area (Å²) in [5, 5.41) is 18.8. The zero-order valence-electron chi connectivity index (χ0n) is 11.8. The SMILES string of the molecule is CO[C@@H]1CC(C)(O)[C@H](OCCCCC(=O)O)OC1C. The highest BCUT2D eigenvalue weighted by Gasteiger charge is 2.44. The molecular formula is C13H24O6. The molecule has 0 spiro atoms. The van der Waals surface area contributed by atoms with Crippen LogP contribution in [0.15, 0.2) is 0 Å². The van der Waals surface area contributed by atoms with Gasteiger partial charge in [-0.2, -0.15) is 0 Å². The van der Waals surface area contributed by atoms with E-state index in [-0.39, 0.29) is 18.6 Å². The number of aliphatic hydroxyl groups is 1. The number of carboxylic acid groups (broad SMARTS) is 1. The highest BCUT2D eigenvalue weighted by molar-refractivity contribution is 5.66. The summed E-state index contributed by atoms with van der Waals surface area (Å²) >= 11 is 0. The second kappa shape index (κ2) is 7.19. The molecule has 0 aliphatic carbocycles. The molecule has 2 N–H and O–H groups in total. The van der Waals surface area contributed by atoms with Crippen LogP contribution in [0.1, 0.15) is 39.5 Å². The third kappa shape index (κ3) is 5.06. The molecule has 19 heavy (non-hydrogen) atoms. The molecule has 2 unspecified atom stereocenters. The Hall–Kier alpha value is -0.690. The van der Waals surface area contributed by atoms with E-state index in [0.717, 1.165) is 0 Å². The lowest BCUT2D eigenvalue weighted by Crippen LogP contribution is -2.55. The van der Waals surface area contributed by atoms with Crippen LogP contribution in [0.3, 0.4) is 0 Å². The minimum atomic E-state index is -1.10. The van der Waals surface area contributed by atoms with Gasteiger partial charge in [-0.25, -0.2) is 0 Å². The van der Waals surface area contributed by atoms with Crippen LogP contribution in [-0.2, 0) is 19.0 Å². The van der Waals surface area contributed by atoms with Crippen molar-refractivity contribution < 1.29 is 29.2 Å². The van der Waals surface area contributed by atoms with Crippen molar-refractivity contribution in [3.63, 3.8) is 0 Å². The second-order valence-electron chi connectivity index (χ2n) is 5.23. The van der Waals surface area contributed by atoms with E-state index in [0.29, 0.717) is 25.9 Å². The van der Waals surface area contributed by atoms with E-state index in [9.17, 15) is 9.90 Å². The number of methoxy groups -OCH3 is 1. The van der Waals surface area contributed by atoms with Gasteiger partial charge in [0.2, 0.25) is 0 Å². The van der Waals surface area contributed by atoms with Crippen LogP contribution >= 0.6 is 0 Å². The third-order valence-electron chi connectivity index (χ3n) is 3.34. The maximum atomic E-state index is 10.4. The Bertz CT molecular complexity index is 291. The van der Waals surface area contributed by atoms with E-state index in [4.69, 9.17) is 19.3 Å². The second-order valence-corrected chi connectivity index (χ2v) is 5.23. The lowest BCUT2D eigenvalue weighted by molar-refractivity contribution is -0.298. The van der Waals surface area contributed by atoms with Gasteiger partial charge in [0.05, 0.1) is 12.2 Å². The van der Waals surface area contributed by atoms with Gasteiger partial charge in [0.25, 0.3) is 0 Å². The first-order chi connectivity index (χ1) is 8.86. The molecule has 1 fully saturated rings. The number of hydrogen-bond acceptors (Lipinski definition) is 5. The molecule has 1 rings (SSSR count). The highest BCUT2D eigenvalue weighted by atomic mass is 16.7. The Kier molecular flexibility index (Phi) is 6.19. The average Bonchev–Trinajstić information content (AvgIpc) is 2.32. The summed E-state index contributed by atoms with van der Waals surface area (Å²) in [4.78, 5) is 10.4. The molecule has 0 saturated carbocycles. The maximum Gasteiger partial charge on any atom is 0.303 e. The van der Waals surface area contributed by atoms with Gasteiger partial charge in [-0.1, -0.05) is 0 Å². The normalized spacial score (nSPS) is 35.3. The van der Waals surface area contributed by atoms with Crippen molar-refractivity contribution in [3.8, 4) is 0 Å². The molecule has 0 aromatic rings. The summed E-state index contributed by atoms with van der Waals surface area (Å²) in [6.07, 6.45) is 0.776. The summed E-state index contributed by atoms with van der Waals surface area (Å²) in [6, 6.07) is 0. The van der Waals surface area contributed by atoms with Crippen LogP contribution < -0.4 is 0 Å². The van der Waals surface area contributed by atoms with Crippen molar-refractivity contribution >= 4 is 5.97 Å². The van der Waals surface area contributed by atoms with Crippen LogP contribution in [0.5, 0.6) is 0 Å². The first-order valence-electron chi connectivity index (χ1n) is 6.61. The average molecular weight is 276 g/mol. The van der Waals surface area contributed by atoms with E-state index in [1.54, 1.807) is 14.0 Å². The predicted molar refractivity (Wildman–Crippen MR) is 67.8 cm³/mol. The minimum absolute atomic E-state index is 0.132. The Morgan fingerprint density at radius 2 is 2.16 bits per heavy atom. The highest BCUT2D eigenvalue weighted by Crippen LogP contribution is 2.31. The van der Waals surface area contributed by atoms with Crippen LogP contribution in [0, 0.1) is 0 Å². The van der Waals surface area contributed by atoms with Gasteiger partial charge < -0.3 is 24.4 Å². The van der Waals surface area contributed by atoms with Gasteiger partial charge in [-0.05, 0) is 26.7 Å². The fourth-order valence-electron chi connectivity index (χ4n) is 2.16. The summed E-state index contributed by atoms with van der Waals surface area (Å²) in [5.74, 6) is -0.808. The lowest BCUT2D eigenvalue weighted by atomic mass is 9.92. The lowest BCUT2D eigenvalue weighted by Gasteiger charge is -2.43. The van der Waals surface area contributed by atoms with E-state index in [1.165, 1.54) is 0 Å². The van der Waals surface area contributed by atoms with Gasteiger partial charge >= 0.3 is 5.97 Å². The van der Waals surface area contributed by atoms with Crippen LogP contribution in [-0.4, -0.2) is 54.0 Å². The molecule has 0 aromatic heterocycles. The van der Waals surface area contributed by atoms with Gasteiger partial charge in [0, 0.05) is 26.6 Å². The molecule has 0 bridgehead atoms. The summed E-state index contributed by atoms with van der Waals surface area (Å²) < 4.78 is 16.4. The van der Waals surface area contributed by atoms with E-state index in [1.807, 2.05) is 6.92 Å². The minimum Gasteiger partial charge on any atom is -0.481 e. The fraction of sp³-hybridized carbons (Fsp3) is 0.923. The summed E-state index contributed by atoms with van der Waals surface area (Å²) in [5.41, 5.74) is -1.10. The first kappa shape index (κ1) is 16.4. The quantitative estimate of drug-likeness (QED) is 0.679. The van der Waals surface area contributed by atoms with Gasteiger partial charge in [-0.3, -0.25) is 4.79 Å². The van der Waals surface area contributed by atoms with Crippen molar-refractivity contribution in [2.24, 2.45) is 0 Å². The van der Waals surface area contributed by atoms with Gasteiger partial charge in [-0.15, -0.1) is 0 Å². The standard InChI is InChI=1S/C13H24O6/c1-9-10(17-3)8-13(2,16)12(19-9)18-7-5-4-6-11(14)15/h9-10,12,16H,4-8H2,1-3H3,(H,14,15)/t9?,10-,12-,13?/m1/s1. The topological polar surface area (TPSA) is 85.2 Å². The Labute approximate surface area is 113 Å². The number of carboxylic acids is 1. The summed E-state index contributed by atoms with van der Waals surface area (Å²) in [7, 11) is 1.59. The third-order valence-corrected chi connectivity index (χ3v) is 3.34. The summed E-state index contributed by atoms with van der Waals surface area (Å²) in [6.45, 7) is 3.91. The molecule has 1 aliphatic rings. The van der Waals surface area contributed by atoms with Gasteiger partial charge in [0.1, 0.15) is 5.60 Å². The van der Waals surface area contributed by atoms with Crippen molar-refractivity contribution in [2.75, 3.05) is 13.7 Å². The van der Waals surface area contributed by atoms with Crippen LogP contribution in [0.25, 0.3) is 0 Å². The molecule has 1 aliphatic heterocycles. The van der Waals surface area contributed by atoms with E-state index in [2.05, 4.69) is 0 Å². The van der Waals surface area contributed by atoms with Crippen molar-refractivity contribution in [1.29, 1.82) is 0 Å². The number of rotatable bonds is 7. The number of aliphatic carboxylic acids is 1. The smallest absolute Gasteiger partial charge is 0.303 e. The molecule has 0 aromatic carbocycles. The number of carbonyl (C=O) groups is 1. The zero-order chi connectivity index (χ0) is 14.5. The Morgan fingerprint density at radius 3 is 2.74 bits per heavy atom. The van der Waals surface area contributed by atoms with Gasteiger partial charge in [0.15, 0.2) is 6.29 Å². The zero-order valence-corrected chi connectivity index (χ0v) is 11.8. The molecule has 4 atom stereocenters. The Morgan fingerprint density at radius 1 is 1.47 bits per heavy atom. The van der Waals surface area contributed by atoms with Crippen molar-refractivity contribution in [3.05, 3.63) is 0 Å². The Balaban J connectivity index is 2.34. The fourth-order valence-corrected chi connectivity index (χ4v) is 2.16. The van der Waals surface area contributed by atoms with Crippen LogP contribution in [0.2, 0.25) is 0 Å². The maximum absolute atomic E-state index is 10.4. The largest absolute Gasteiger partial charge is 0.481 e. The molecule has 6 nitrogen and oxygen atoms in total. The van der Waals surface area contributed by atoms with Crippen molar-refractivity contribution in [1.82, 2.24) is 0 Å². The van der Waals surface area contributed by atoms with E-state index >= 15 is 0 Å². The first-order valence-corrected chi connectivity index (χ1v) is 6.61. The molecule has 1 saturated heterocycles. The molecule has 0 radical (unpaired) electrons. The molecule has 112 valence electrons. The molecule has 0 amide bonds. The van der Waals surface area contributed by atoms with E-state index < -0.39 is 17.9 Å². The molecule has 1 heterocycles. The number of hydrogen-bond donors (Lipinski definition) is 2. The number of ether oxygens (including phenoxy) is 3. The molecular weight excluding hydrogens is 252 g/mol. The van der Waals surface area contributed by atoms with Crippen LogP contribution in [0.4, 0.5) is 0 Å².